The van der Waals surface area contributed by atoms with Crippen molar-refractivity contribution in [3.8, 4) is 5.75 Å². The summed E-state index contributed by atoms with van der Waals surface area (Å²) in [5, 5.41) is 3.01. The van der Waals surface area contributed by atoms with Crippen LogP contribution in [0.4, 0.5) is 5.69 Å². The molecule has 2 rings (SSSR count). The predicted octanol–water partition coefficient (Wildman–Crippen LogP) is 3.49. The standard InChI is InChI=1S/C15H21NO2/c1-4-9-15(10-5-2)11-7-6-8-12(18-3)13(11)16-14(15)17/h6-8H,4-5,9-10H2,1-3H3,(H,16,17). The third-order valence-corrected chi connectivity index (χ3v) is 3.79. The summed E-state index contributed by atoms with van der Waals surface area (Å²) in [5.74, 6) is 0.889. The van der Waals surface area contributed by atoms with Crippen molar-refractivity contribution in [1.29, 1.82) is 0 Å². The van der Waals surface area contributed by atoms with E-state index in [1.165, 1.54) is 0 Å². The van der Waals surface area contributed by atoms with E-state index in [9.17, 15) is 4.79 Å². The minimum Gasteiger partial charge on any atom is -0.495 e. The number of ether oxygens (including phenoxy) is 1. The van der Waals surface area contributed by atoms with Crippen LogP contribution < -0.4 is 10.1 Å². The summed E-state index contributed by atoms with van der Waals surface area (Å²) >= 11 is 0. The Labute approximate surface area is 109 Å². The number of rotatable bonds is 5. The number of nitrogens with one attached hydrogen (secondary N) is 1. The lowest BCUT2D eigenvalue weighted by molar-refractivity contribution is -0.121. The van der Waals surface area contributed by atoms with Crippen LogP contribution in [0.25, 0.3) is 0 Å². The van der Waals surface area contributed by atoms with Gasteiger partial charge in [0.2, 0.25) is 5.91 Å². The summed E-state index contributed by atoms with van der Waals surface area (Å²) in [7, 11) is 1.64. The summed E-state index contributed by atoms with van der Waals surface area (Å²) in [5.41, 5.74) is 1.62. The van der Waals surface area contributed by atoms with Crippen LogP contribution in [0.5, 0.6) is 5.75 Å². The van der Waals surface area contributed by atoms with E-state index in [0.29, 0.717) is 0 Å². The molecule has 3 nitrogen and oxygen atoms in total. The number of amides is 1. The van der Waals surface area contributed by atoms with Gasteiger partial charge in [0.15, 0.2) is 0 Å². The first-order valence-corrected chi connectivity index (χ1v) is 6.68. The van der Waals surface area contributed by atoms with Crippen molar-refractivity contribution in [2.75, 3.05) is 12.4 Å². The molecule has 1 amide bonds. The molecule has 98 valence electrons. The van der Waals surface area contributed by atoms with E-state index in [1.807, 2.05) is 12.1 Å². The molecule has 3 heteroatoms. The second-order valence-corrected chi connectivity index (χ2v) is 4.92. The first-order valence-electron chi connectivity index (χ1n) is 6.68. The number of hydrogen-bond acceptors (Lipinski definition) is 2. The number of anilines is 1. The molecule has 1 N–H and O–H groups in total. The molecule has 0 radical (unpaired) electrons. The number of carbonyl (C=O) groups is 1. The maximum Gasteiger partial charge on any atom is 0.235 e. The summed E-state index contributed by atoms with van der Waals surface area (Å²) in [6.45, 7) is 4.26. The van der Waals surface area contributed by atoms with E-state index in [-0.39, 0.29) is 11.3 Å². The van der Waals surface area contributed by atoms with E-state index in [1.54, 1.807) is 7.11 Å². The topological polar surface area (TPSA) is 38.3 Å². The van der Waals surface area contributed by atoms with E-state index in [4.69, 9.17) is 4.74 Å². The monoisotopic (exact) mass is 247 g/mol. The van der Waals surface area contributed by atoms with Crippen molar-refractivity contribution in [1.82, 2.24) is 0 Å². The molecule has 1 aliphatic heterocycles. The Kier molecular flexibility index (Phi) is 3.60. The van der Waals surface area contributed by atoms with Gasteiger partial charge in [-0.25, -0.2) is 0 Å². The van der Waals surface area contributed by atoms with Gasteiger partial charge in [0.1, 0.15) is 5.75 Å². The Morgan fingerprint density at radius 1 is 1.22 bits per heavy atom. The Bertz CT molecular complexity index is 448. The molecular weight excluding hydrogens is 226 g/mol. The smallest absolute Gasteiger partial charge is 0.235 e. The van der Waals surface area contributed by atoms with Crippen molar-refractivity contribution in [2.45, 2.75) is 44.9 Å². The number of hydrogen-bond donors (Lipinski definition) is 1. The minimum atomic E-state index is -0.354. The zero-order valence-electron chi connectivity index (χ0n) is 11.4. The lowest BCUT2D eigenvalue weighted by atomic mass is 9.74. The van der Waals surface area contributed by atoms with Crippen LogP contribution in [0.2, 0.25) is 0 Å². The molecule has 0 bridgehead atoms. The molecule has 18 heavy (non-hydrogen) atoms. The van der Waals surface area contributed by atoms with Crippen LogP contribution >= 0.6 is 0 Å². The SMILES string of the molecule is CCCC1(CCC)C(=O)Nc2c(OC)cccc21. The summed E-state index contributed by atoms with van der Waals surface area (Å²) in [6.07, 6.45) is 3.80. The first kappa shape index (κ1) is 12.9. The van der Waals surface area contributed by atoms with Gasteiger partial charge in [-0.2, -0.15) is 0 Å². The van der Waals surface area contributed by atoms with Crippen LogP contribution in [0.15, 0.2) is 18.2 Å². The average Bonchev–Trinajstić information content (AvgIpc) is 2.64. The fourth-order valence-electron chi connectivity index (χ4n) is 3.06. The van der Waals surface area contributed by atoms with Gasteiger partial charge in [-0.1, -0.05) is 38.8 Å². The Balaban J connectivity index is 2.54. The third-order valence-electron chi connectivity index (χ3n) is 3.79. The summed E-state index contributed by atoms with van der Waals surface area (Å²) in [6, 6.07) is 5.92. The van der Waals surface area contributed by atoms with E-state index in [0.717, 1.165) is 42.7 Å². The highest BCUT2D eigenvalue weighted by Gasteiger charge is 2.46. The molecule has 1 aromatic rings. The molecule has 1 heterocycles. The molecular formula is C15H21NO2. The minimum absolute atomic E-state index is 0.130. The first-order chi connectivity index (χ1) is 8.69. The van der Waals surface area contributed by atoms with Gasteiger partial charge in [-0.15, -0.1) is 0 Å². The molecule has 0 fully saturated rings. The summed E-state index contributed by atoms with van der Waals surface area (Å²) in [4.78, 5) is 12.4. The van der Waals surface area contributed by atoms with Crippen LogP contribution in [0, 0.1) is 0 Å². The van der Waals surface area contributed by atoms with E-state index < -0.39 is 0 Å². The lowest BCUT2D eigenvalue weighted by Crippen LogP contribution is -2.34. The van der Waals surface area contributed by atoms with Crippen molar-refractivity contribution in [2.24, 2.45) is 0 Å². The van der Waals surface area contributed by atoms with E-state index >= 15 is 0 Å². The highest BCUT2D eigenvalue weighted by atomic mass is 16.5. The number of carbonyl (C=O) groups excluding carboxylic acids is 1. The quantitative estimate of drug-likeness (QED) is 0.865. The zero-order valence-corrected chi connectivity index (χ0v) is 11.4. The Morgan fingerprint density at radius 2 is 1.89 bits per heavy atom. The fourth-order valence-corrected chi connectivity index (χ4v) is 3.06. The van der Waals surface area contributed by atoms with Crippen LogP contribution in [0.3, 0.4) is 0 Å². The Morgan fingerprint density at radius 3 is 2.44 bits per heavy atom. The molecule has 0 saturated carbocycles. The second-order valence-electron chi connectivity index (χ2n) is 4.92. The second kappa shape index (κ2) is 5.01. The van der Waals surface area contributed by atoms with Gasteiger partial charge >= 0.3 is 0 Å². The molecule has 1 aliphatic rings. The third kappa shape index (κ3) is 1.78. The van der Waals surface area contributed by atoms with Crippen LogP contribution in [0.1, 0.15) is 45.1 Å². The number of benzene rings is 1. The summed E-state index contributed by atoms with van der Waals surface area (Å²) < 4.78 is 5.34. The number of methoxy groups -OCH3 is 1. The van der Waals surface area contributed by atoms with Gasteiger partial charge in [0.25, 0.3) is 0 Å². The average molecular weight is 247 g/mol. The normalized spacial score (nSPS) is 16.3. The van der Waals surface area contributed by atoms with Crippen molar-refractivity contribution in [3.05, 3.63) is 23.8 Å². The predicted molar refractivity (Wildman–Crippen MR) is 73.1 cm³/mol. The molecule has 0 spiro atoms. The van der Waals surface area contributed by atoms with Crippen molar-refractivity contribution < 1.29 is 9.53 Å². The maximum absolute atomic E-state index is 12.4. The van der Waals surface area contributed by atoms with Gasteiger partial charge in [-0.05, 0) is 24.5 Å². The molecule has 0 atom stereocenters. The molecule has 0 aromatic heterocycles. The Hall–Kier alpha value is -1.51. The fraction of sp³-hybridized carbons (Fsp3) is 0.533. The zero-order chi connectivity index (χ0) is 13.2. The largest absolute Gasteiger partial charge is 0.495 e. The van der Waals surface area contributed by atoms with E-state index in [2.05, 4.69) is 25.2 Å². The van der Waals surface area contributed by atoms with Gasteiger partial charge < -0.3 is 10.1 Å². The molecule has 0 saturated heterocycles. The number of para-hydroxylation sites is 1. The van der Waals surface area contributed by atoms with Crippen LogP contribution in [-0.4, -0.2) is 13.0 Å². The molecule has 0 aliphatic carbocycles. The molecule has 0 unspecified atom stereocenters. The highest BCUT2D eigenvalue weighted by Crippen LogP contribution is 2.47. The van der Waals surface area contributed by atoms with Crippen molar-refractivity contribution >= 4 is 11.6 Å². The molecule has 1 aromatic carbocycles. The van der Waals surface area contributed by atoms with Gasteiger partial charge in [0, 0.05) is 0 Å². The lowest BCUT2D eigenvalue weighted by Gasteiger charge is -2.26. The van der Waals surface area contributed by atoms with Crippen LogP contribution in [-0.2, 0) is 10.2 Å². The van der Waals surface area contributed by atoms with Gasteiger partial charge in [0.05, 0.1) is 18.2 Å². The van der Waals surface area contributed by atoms with Gasteiger partial charge in [-0.3, -0.25) is 4.79 Å². The highest BCUT2D eigenvalue weighted by molar-refractivity contribution is 6.07. The maximum atomic E-state index is 12.4. The van der Waals surface area contributed by atoms with Crippen molar-refractivity contribution in [3.63, 3.8) is 0 Å². The number of fused-ring (bicyclic) bond motifs is 1.